The summed E-state index contributed by atoms with van der Waals surface area (Å²) in [4.78, 5) is 2.07. The first-order valence-corrected chi connectivity index (χ1v) is 6.07. The van der Waals surface area contributed by atoms with E-state index in [1.54, 1.807) is 0 Å². The predicted molar refractivity (Wildman–Crippen MR) is 75.0 cm³/mol. The average molecular weight is 242 g/mol. The lowest BCUT2D eigenvalue weighted by atomic mass is 10.2. The van der Waals surface area contributed by atoms with Crippen LogP contribution in [0.5, 0.6) is 0 Å². The highest BCUT2D eigenvalue weighted by Gasteiger charge is 2.12. The van der Waals surface area contributed by atoms with E-state index in [9.17, 15) is 5.11 Å². The third-order valence-corrected chi connectivity index (χ3v) is 2.80. The van der Waals surface area contributed by atoms with Crippen LogP contribution in [0.3, 0.4) is 0 Å². The smallest absolute Gasteiger partial charge is 0.0841 e. The zero-order chi connectivity index (χ0) is 12.8. The van der Waals surface area contributed by atoms with Crippen LogP contribution in [0.15, 0.2) is 60.7 Å². The molecule has 2 aromatic rings. The molecule has 94 valence electrons. The van der Waals surface area contributed by atoms with Crippen molar-refractivity contribution in [2.24, 2.45) is 5.73 Å². The molecule has 18 heavy (non-hydrogen) atoms. The van der Waals surface area contributed by atoms with Crippen LogP contribution in [0.1, 0.15) is 0 Å². The number of aliphatic hydroxyl groups is 1. The van der Waals surface area contributed by atoms with Gasteiger partial charge in [-0.1, -0.05) is 36.4 Å². The Balaban J connectivity index is 2.29. The van der Waals surface area contributed by atoms with Gasteiger partial charge in [-0.25, -0.2) is 0 Å². The van der Waals surface area contributed by atoms with Gasteiger partial charge in [0.25, 0.3) is 0 Å². The highest BCUT2D eigenvalue weighted by atomic mass is 16.3. The summed E-state index contributed by atoms with van der Waals surface area (Å²) in [5, 5.41) is 9.78. The van der Waals surface area contributed by atoms with Crippen LogP contribution in [0, 0.1) is 0 Å². The largest absolute Gasteiger partial charge is 0.390 e. The standard InChI is InChI=1S/C15H18N2O/c16-11-15(18)12-17(13-7-3-1-4-8-13)14-9-5-2-6-10-14/h1-10,15,18H,11-12,16H2. The van der Waals surface area contributed by atoms with E-state index in [4.69, 9.17) is 5.73 Å². The van der Waals surface area contributed by atoms with Crippen molar-refractivity contribution in [3.63, 3.8) is 0 Å². The number of para-hydroxylation sites is 2. The highest BCUT2D eigenvalue weighted by Crippen LogP contribution is 2.24. The van der Waals surface area contributed by atoms with Crippen LogP contribution in [0.4, 0.5) is 11.4 Å². The van der Waals surface area contributed by atoms with Crippen LogP contribution in [-0.4, -0.2) is 24.3 Å². The minimum absolute atomic E-state index is 0.260. The van der Waals surface area contributed by atoms with Crippen molar-refractivity contribution in [2.45, 2.75) is 6.10 Å². The molecule has 0 aliphatic heterocycles. The van der Waals surface area contributed by atoms with E-state index >= 15 is 0 Å². The molecule has 0 spiro atoms. The SMILES string of the molecule is NCC(O)CN(c1ccccc1)c1ccccc1. The molecule has 1 atom stereocenters. The van der Waals surface area contributed by atoms with E-state index in [2.05, 4.69) is 4.90 Å². The first-order chi connectivity index (χ1) is 8.81. The van der Waals surface area contributed by atoms with Gasteiger partial charge >= 0.3 is 0 Å². The second-order valence-corrected chi connectivity index (χ2v) is 4.17. The zero-order valence-corrected chi connectivity index (χ0v) is 10.2. The van der Waals surface area contributed by atoms with Crippen LogP contribution >= 0.6 is 0 Å². The average Bonchev–Trinajstić information content (AvgIpc) is 2.46. The van der Waals surface area contributed by atoms with Gasteiger partial charge in [-0.05, 0) is 24.3 Å². The Kier molecular flexibility index (Phi) is 4.34. The first kappa shape index (κ1) is 12.6. The molecule has 0 amide bonds. The summed E-state index contributed by atoms with van der Waals surface area (Å²) in [6.45, 7) is 0.751. The Morgan fingerprint density at radius 1 is 0.889 bits per heavy atom. The summed E-state index contributed by atoms with van der Waals surface area (Å²) in [5.41, 5.74) is 7.60. The third kappa shape index (κ3) is 3.09. The lowest BCUT2D eigenvalue weighted by Crippen LogP contribution is -2.33. The van der Waals surface area contributed by atoms with Gasteiger partial charge < -0.3 is 15.7 Å². The lowest BCUT2D eigenvalue weighted by Gasteiger charge is -2.27. The van der Waals surface area contributed by atoms with Crippen LogP contribution < -0.4 is 10.6 Å². The van der Waals surface area contributed by atoms with Crippen LogP contribution in [0.25, 0.3) is 0 Å². The van der Waals surface area contributed by atoms with E-state index in [0.717, 1.165) is 11.4 Å². The van der Waals surface area contributed by atoms with Crippen LogP contribution in [-0.2, 0) is 0 Å². The Labute approximate surface area is 107 Å². The minimum atomic E-state index is -0.537. The maximum Gasteiger partial charge on any atom is 0.0841 e. The Morgan fingerprint density at radius 3 is 1.72 bits per heavy atom. The number of aliphatic hydroxyl groups excluding tert-OH is 1. The van der Waals surface area contributed by atoms with E-state index < -0.39 is 6.10 Å². The summed E-state index contributed by atoms with van der Waals surface area (Å²) >= 11 is 0. The lowest BCUT2D eigenvalue weighted by molar-refractivity contribution is 0.191. The van der Waals surface area contributed by atoms with Gasteiger partial charge in [-0.15, -0.1) is 0 Å². The van der Waals surface area contributed by atoms with Crippen molar-refractivity contribution in [2.75, 3.05) is 18.0 Å². The number of hydrogen-bond acceptors (Lipinski definition) is 3. The zero-order valence-electron chi connectivity index (χ0n) is 10.2. The number of rotatable bonds is 5. The molecule has 0 fully saturated rings. The monoisotopic (exact) mass is 242 g/mol. The maximum atomic E-state index is 9.78. The fraction of sp³-hybridized carbons (Fsp3) is 0.200. The fourth-order valence-corrected chi connectivity index (χ4v) is 1.86. The molecule has 0 aliphatic carbocycles. The van der Waals surface area contributed by atoms with Gasteiger partial charge in [0.2, 0.25) is 0 Å². The van der Waals surface area contributed by atoms with Crippen molar-refractivity contribution < 1.29 is 5.11 Å². The Hall–Kier alpha value is -1.84. The summed E-state index contributed by atoms with van der Waals surface area (Å²) in [6, 6.07) is 20.0. The van der Waals surface area contributed by atoms with Crippen molar-refractivity contribution in [1.82, 2.24) is 0 Å². The molecule has 3 N–H and O–H groups in total. The highest BCUT2D eigenvalue weighted by molar-refractivity contribution is 5.62. The summed E-state index contributed by atoms with van der Waals surface area (Å²) in [7, 11) is 0. The van der Waals surface area contributed by atoms with Crippen molar-refractivity contribution >= 4 is 11.4 Å². The summed E-state index contributed by atoms with van der Waals surface area (Å²) < 4.78 is 0. The molecule has 2 rings (SSSR count). The normalized spacial score (nSPS) is 12.1. The molecule has 1 unspecified atom stereocenters. The number of benzene rings is 2. The molecule has 2 aromatic carbocycles. The molecule has 0 saturated heterocycles. The number of nitrogens with two attached hydrogens (primary N) is 1. The third-order valence-electron chi connectivity index (χ3n) is 2.80. The predicted octanol–water partition coefficient (Wildman–Crippen LogP) is 2.14. The van der Waals surface area contributed by atoms with E-state index in [1.165, 1.54) is 0 Å². The Morgan fingerprint density at radius 2 is 1.33 bits per heavy atom. The van der Waals surface area contributed by atoms with Crippen LogP contribution in [0.2, 0.25) is 0 Å². The molecular formula is C15H18N2O. The number of hydrogen-bond donors (Lipinski definition) is 2. The van der Waals surface area contributed by atoms with Gasteiger partial charge in [-0.3, -0.25) is 0 Å². The fourth-order valence-electron chi connectivity index (χ4n) is 1.86. The molecule has 0 aromatic heterocycles. The second kappa shape index (κ2) is 6.19. The summed E-state index contributed by atoms with van der Waals surface area (Å²) in [6.07, 6.45) is -0.537. The summed E-state index contributed by atoms with van der Waals surface area (Å²) in [5.74, 6) is 0. The van der Waals surface area contributed by atoms with Crippen molar-refractivity contribution in [3.05, 3.63) is 60.7 Å². The first-order valence-electron chi connectivity index (χ1n) is 6.07. The molecule has 0 bridgehead atoms. The molecule has 0 radical (unpaired) electrons. The van der Waals surface area contributed by atoms with Crippen molar-refractivity contribution in [3.8, 4) is 0 Å². The Bertz CT molecular complexity index is 419. The molecule has 3 nitrogen and oxygen atoms in total. The topological polar surface area (TPSA) is 49.5 Å². The molecule has 0 aliphatic rings. The molecule has 0 heterocycles. The van der Waals surface area contributed by atoms with E-state index in [0.29, 0.717) is 6.54 Å². The maximum absolute atomic E-state index is 9.78. The molecule has 3 heteroatoms. The minimum Gasteiger partial charge on any atom is -0.390 e. The van der Waals surface area contributed by atoms with Gasteiger partial charge in [0.05, 0.1) is 12.6 Å². The van der Waals surface area contributed by atoms with Crippen molar-refractivity contribution in [1.29, 1.82) is 0 Å². The van der Waals surface area contributed by atoms with Gasteiger partial charge in [0.1, 0.15) is 0 Å². The number of anilines is 2. The molecular weight excluding hydrogens is 224 g/mol. The molecule has 0 saturated carbocycles. The second-order valence-electron chi connectivity index (χ2n) is 4.17. The van der Waals surface area contributed by atoms with E-state index in [-0.39, 0.29) is 6.54 Å². The van der Waals surface area contributed by atoms with E-state index in [1.807, 2.05) is 60.7 Å². The van der Waals surface area contributed by atoms with Gasteiger partial charge in [-0.2, -0.15) is 0 Å². The van der Waals surface area contributed by atoms with Gasteiger partial charge in [0.15, 0.2) is 0 Å². The van der Waals surface area contributed by atoms with Gasteiger partial charge in [0, 0.05) is 17.9 Å². The number of nitrogens with zero attached hydrogens (tertiary/aromatic N) is 1. The quantitative estimate of drug-likeness (QED) is 0.844.